The van der Waals surface area contributed by atoms with Crippen LogP contribution in [0.15, 0.2) is 18.7 Å². The second kappa shape index (κ2) is 7.38. The Morgan fingerprint density at radius 3 is 3.11 bits per heavy atom. The molecular weight excluding hydrogens is 252 g/mol. The molecular formula is C12H21ClN4O. The van der Waals surface area contributed by atoms with Crippen molar-refractivity contribution in [3.8, 4) is 0 Å². The number of carbonyl (C=O) groups is 1. The van der Waals surface area contributed by atoms with E-state index in [0.717, 1.165) is 19.5 Å². The van der Waals surface area contributed by atoms with Gasteiger partial charge in [-0.15, -0.1) is 12.4 Å². The van der Waals surface area contributed by atoms with Crippen LogP contribution >= 0.6 is 12.4 Å². The van der Waals surface area contributed by atoms with Gasteiger partial charge in [-0.3, -0.25) is 4.79 Å². The maximum Gasteiger partial charge on any atom is 0.237 e. The molecule has 0 aliphatic carbocycles. The minimum Gasteiger partial charge on any atom is -0.353 e. The van der Waals surface area contributed by atoms with Crippen molar-refractivity contribution in [2.75, 3.05) is 13.1 Å². The van der Waals surface area contributed by atoms with Gasteiger partial charge in [0.05, 0.1) is 12.4 Å². The van der Waals surface area contributed by atoms with Crippen molar-refractivity contribution < 1.29 is 4.79 Å². The van der Waals surface area contributed by atoms with Gasteiger partial charge in [0.1, 0.15) is 0 Å². The van der Waals surface area contributed by atoms with Crippen LogP contribution < -0.4 is 10.6 Å². The Balaban J connectivity index is 0.00000162. The monoisotopic (exact) mass is 272 g/mol. The number of piperidine rings is 1. The number of carbonyl (C=O) groups excluding carboxylic acids is 1. The van der Waals surface area contributed by atoms with E-state index in [2.05, 4.69) is 22.5 Å². The molecule has 1 saturated heterocycles. The number of hydrogen-bond donors (Lipinski definition) is 2. The van der Waals surface area contributed by atoms with Crippen molar-refractivity contribution in [3.63, 3.8) is 0 Å². The van der Waals surface area contributed by atoms with Crippen LogP contribution in [0.25, 0.3) is 0 Å². The van der Waals surface area contributed by atoms with Crippen molar-refractivity contribution in [1.82, 2.24) is 20.2 Å². The fraction of sp³-hybridized carbons (Fsp3) is 0.667. The smallest absolute Gasteiger partial charge is 0.237 e. The quantitative estimate of drug-likeness (QED) is 0.853. The Morgan fingerprint density at radius 1 is 1.61 bits per heavy atom. The van der Waals surface area contributed by atoms with Crippen LogP contribution in [0.4, 0.5) is 0 Å². The molecule has 2 rings (SSSR count). The van der Waals surface area contributed by atoms with Gasteiger partial charge in [-0.05, 0) is 25.3 Å². The highest BCUT2D eigenvalue weighted by Gasteiger charge is 2.23. The highest BCUT2D eigenvalue weighted by Crippen LogP contribution is 2.14. The van der Waals surface area contributed by atoms with Gasteiger partial charge in [-0.2, -0.15) is 0 Å². The predicted molar refractivity (Wildman–Crippen MR) is 72.7 cm³/mol. The SMILES string of the molecule is CC1CCNC(C(=O)NCCn2ccnc2)C1.Cl. The normalized spacial score (nSPS) is 23.2. The van der Waals surface area contributed by atoms with Crippen molar-refractivity contribution in [2.45, 2.75) is 32.4 Å². The van der Waals surface area contributed by atoms with Gasteiger partial charge in [0, 0.05) is 25.5 Å². The lowest BCUT2D eigenvalue weighted by molar-refractivity contribution is -0.124. The van der Waals surface area contributed by atoms with Crippen LogP contribution in [-0.2, 0) is 11.3 Å². The molecule has 1 aromatic heterocycles. The van der Waals surface area contributed by atoms with E-state index in [-0.39, 0.29) is 24.4 Å². The number of nitrogens with one attached hydrogen (secondary N) is 2. The molecule has 0 spiro atoms. The highest BCUT2D eigenvalue weighted by atomic mass is 35.5. The summed E-state index contributed by atoms with van der Waals surface area (Å²) in [6.45, 7) is 4.57. The molecule has 1 aromatic rings. The number of imidazole rings is 1. The Bertz CT molecular complexity index is 355. The van der Waals surface area contributed by atoms with Gasteiger partial charge < -0.3 is 15.2 Å². The molecule has 0 bridgehead atoms. The minimum absolute atomic E-state index is 0. The average molecular weight is 273 g/mol. The van der Waals surface area contributed by atoms with Crippen LogP contribution in [0.3, 0.4) is 0 Å². The van der Waals surface area contributed by atoms with Crippen molar-refractivity contribution in [1.29, 1.82) is 0 Å². The Labute approximate surface area is 114 Å². The number of aromatic nitrogens is 2. The van der Waals surface area contributed by atoms with Crippen LogP contribution in [0.5, 0.6) is 0 Å². The van der Waals surface area contributed by atoms with E-state index in [9.17, 15) is 4.79 Å². The number of rotatable bonds is 4. The Morgan fingerprint density at radius 2 is 2.44 bits per heavy atom. The van der Waals surface area contributed by atoms with Gasteiger partial charge in [-0.25, -0.2) is 4.98 Å². The molecule has 102 valence electrons. The fourth-order valence-corrected chi connectivity index (χ4v) is 2.16. The van der Waals surface area contributed by atoms with E-state index in [4.69, 9.17) is 0 Å². The lowest BCUT2D eigenvalue weighted by atomic mass is 9.94. The van der Waals surface area contributed by atoms with Crippen molar-refractivity contribution in [2.24, 2.45) is 5.92 Å². The molecule has 2 heterocycles. The molecule has 2 N–H and O–H groups in total. The fourth-order valence-electron chi connectivity index (χ4n) is 2.16. The van der Waals surface area contributed by atoms with Gasteiger partial charge in [0.2, 0.25) is 5.91 Å². The van der Waals surface area contributed by atoms with Crippen molar-refractivity contribution >= 4 is 18.3 Å². The topological polar surface area (TPSA) is 59.0 Å². The average Bonchev–Trinajstić information content (AvgIpc) is 2.82. The van der Waals surface area contributed by atoms with E-state index >= 15 is 0 Å². The first-order valence-corrected chi connectivity index (χ1v) is 6.22. The third kappa shape index (κ3) is 4.31. The van der Waals surface area contributed by atoms with E-state index < -0.39 is 0 Å². The van der Waals surface area contributed by atoms with E-state index in [1.165, 1.54) is 6.42 Å². The number of nitrogens with zero attached hydrogens (tertiary/aromatic N) is 2. The highest BCUT2D eigenvalue weighted by molar-refractivity contribution is 5.85. The molecule has 5 nitrogen and oxygen atoms in total. The first-order chi connectivity index (χ1) is 8.25. The summed E-state index contributed by atoms with van der Waals surface area (Å²) in [6, 6.07) is -0.0125. The molecule has 18 heavy (non-hydrogen) atoms. The molecule has 0 saturated carbocycles. The third-order valence-electron chi connectivity index (χ3n) is 3.21. The standard InChI is InChI=1S/C12H20N4O.ClH/c1-10-2-3-14-11(8-10)12(17)15-5-7-16-6-4-13-9-16;/h4,6,9-11,14H,2-3,5,7-8H2,1H3,(H,15,17);1H. The van der Waals surface area contributed by atoms with E-state index in [0.29, 0.717) is 12.5 Å². The molecule has 1 aliphatic heterocycles. The summed E-state index contributed by atoms with van der Waals surface area (Å²) in [7, 11) is 0. The summed E-state index contributed by atoms with van der Waals surface area (Å²) in [5.74, 6) is 0.761. The van der Waals surface area contributed by atoms with E-state index in [1.54, 1.807) is 12.5 Å². The largest absolute Gasteiger partial charge is 0.353 e. The zero-order chi connectivity index (χ0) is 12.1. The van der Waals surface area contributed by atoms with Gasteiger partial charge in [-0.1, -0.05) is 6.92 Å². The van der Waals surface area contributed by atoms with Gasteiger partial charge in [0.25, 0.3) is 0 Å². The van der Waals surface area contributed by atoms with E-state index in [1.807, 2.05) is 10.8 Å². The number of halogens is 1. The zero-order valence-corrected chi connectivity index (χ0v) is 11.4. The summed E-state index contributed by atoms with van der Waals surface area (Å²) in [5.41, 5.74) is 0. The first kappa shape index (κ1) is 15.0. The summed E-state index contributed by atoms with van der Waals surface area (Å²) >= 11 is 0. The minimum atomic E-state index is -0.0125. The van der Waals surface area contributed by atoms with Crippen LogP contribution in [0, 0.1) is 5.92 Å². The van der Waals surface area contributed by atoms with Crippen LogP contribution in [0.1, 0.15) is 19.8 Å². The van der Waals surface area contributed by atoms with Crippen LogP contribution in [0.2, 0.25) is 0 Å². The molecule has 1 aliphatic rings. The lowest BCUT2D eigenvalue weighted by Gasteiger charge is -2.27. The molecule has 0 aromatic carbocycles. The van der Waals surface area contributed by atoms with Crippen LogP contribution in [-0.4, -0.2) is 34.6 Å². The zero-order valence-electron chi connectivity index (χ0n) is 10.6. The molecule has 1 amide bonds. The maximum absolute atomic E-state index is 11.9. The maximum atomic E-state index is 11.9. The third-order valence-corrected chi connectivity index (χ3v) is 3.21. The molecule has 1 fully saturated rings. The molecule has 2 atom stereocenters. The second-order valence-corrected chi connectivity index (χ2v) is 4.73. The Kier molecular flexibility index (Phi) is 6.15. The molecule has 0 radical (unpaired) electrons. The predicted octanol–water partition coefficient (Wildman–Crippen LogP) is 0.809. The molecule has 2 unspecified atom stereocenters. The lowest BCUT2D eigenvalue weighted by Crippen LogP contribution is -2.48. The molecule has 6 heteroatoms. The summed E-state index contributed by atoms with van der Waals surface area (Å²) in [6.07, 6.45) is 7.50. The van der Waals surface area contributed by atoms with Gasteiger partial charge in [0.15, 0.2) is 0 Å². The Hall–Kier alpha value is -1.07. The first-order valence-electron chi connectivity index (χ1n) is 6.22. The second-order valence-electron chi connectivity index (χ2n) is 4.73. The number of hydrogen-bond acceptors (Lipinski definition) is 3. The summed E-state index contributed by atoms with van der Waals surface area (Å²) < 4.78 is 1.96. The number of amides is 1. The van der Waals surface area contributed by atoms with Crippen molar-refractivity contribution in [3.05, 3.63) is 18.7 Å². The van der Waals surface area contributed by atoms with Gasteiger partial charge >= 0.3 is 0 Å². The summed E-state index contributed by atoms with van der Waals surface area (Å²) in [4.78, 5) is 15.8. The summed E-state index contributed by atoms with van der Waals surface area (Å²) in [5, 5.41) is 6.22.